The summed E-state index contributed by atoms with van der Waals surface area (Å²) >= 11 is 0. The summed E-state index contributed by atoms with van der Waals surface area (Å²) < 4.78 is 4.82. The summed E-state index contributed by atoms with van der Waals surface area (Å²) in [6.07, 6.45) is 1.37. The van der Waals surface area contributed by atoms with Gasteiger partial charge in [0.15, 0.2) is 5.75 Å². The van der Waals surface area contributed by atoms with E-state index >= 15 is 0 Å². The van der Waals surface area contributed by atoms with Gasteiger partial charge in [-0.05, 0) is 11.6 Å². The van der Waals surface area contributed by atoms with E-state index in [-0.39, 0.29) is 18.0 Å². The van der Waals surface area contributed by atoms with Crippen molar-refractivity contribution in [2.45, 2.75) is 6.54 Å². The highest BCUT2D eigenvalue weighted by Gasteiger charge is 2.14. The molecule has 0 radical (unpaired) electrons. The molecule has 0 aliphatic heterocycles. The van der Waals surface area contributed by atoms with Crippen LogP contribution in [0.2, 0.25) is 0 Å². The van der Waals surface area contributed by atoms with Gasteiger partial charge >= 0.3 is 5.69 Å². The number of hydrogen-bond donors (Lipinski definition) is 0. The van der Waals surface area contributed by atoms with Gasteiger partial charge in [-0.25, -0.2) is 9.79 Å². The molecule has 0 aliphatic carbocycles. The first-order valence-corrected chi connectivity index (χ1v) is 4.04. The van der Waals surface area contributed by atoms with Crippen molar-refractivity contribution in [1.82, 2.24) is 0 Å². The molecule has 0 bridgehead atoms. The summed E-state index contributed by atoms with van der Waals surface area (Å²) in [5.41, 5.74) is 0.418. The molecule has 78 valence electrons. The van der Waals surface area contributed by atoms with Gasteiger partial charge in [0.2, 0.25) is 6.08 Å². The molecule has 0 N–H and O–H groups in total. The van der Waals surface area contributed by atoms with Crippen LogP contribution in [0.3, 0.4) is 0 Å². The van der Waals surface area contributed by atoms with E-state index in [9.17, 15) is 14.9 Å². The third-order valence-electron chi connectivity index (χ3n) is 1.77. The van der Waals surface area contributed by atoms with Crippen LogP contribution >= 0.6 is 0 Å². The zero-order valence-electron chi connectivity index (χ0n) is 7.97. The van der Waals surface area contributed by atoms with Crippen molar-refractivity contribution in [2.75, 3.05) is 7.11 Å². The highest BCUT2D eigenvalue weighted by atomic mass is 16.6. The number of nitro groups is 1. The van der Waals surface area contributed by atoms with Crippen molar-refractivity contribution in [3.8, 4) is 5.75 Å². The third-order valence-corrected chi connectivity index (χ3v) is 1.77. The van der Waals surface area contributed by atoms with Crippen LogP contribution in [0.25, 0.3) is 0 Å². The van der Waals surface area contributed by atoms with Gasteiger partial charge in [-0.1, -0.05) is 6.07 Å². The van der Waals surface area contributed by atoms with Crippen molar-refractivity contribution in [3.63, 3.8) is 0 Å². The van der Waals surface area contributed by atoms with Crippen molar-refractivity contribution in [1.29, 1.82) is 0 Å². The summed E-state index contributed by atoms with van der Waals surface area (Å²) in [5.74, 6) is 0.179. The van der Waals surface area contributed by atoms with E-state index in [0.29, 0.717) is 5.56 Å². The lowest BCUT2D eigenvalue weighted by atomic mass is 10.2. The average Bonchev–Trinajstić information content (AvgIpc) is 2.25. The molecule has 0 amide bonds. The first-order chi connectivity index (χ1) is 7.19. The number of methoxy groups -OCH3 is 1. The Labute approximate surface area is 85.3 Å². The van der Waals surface area contributed by atoms with Gasteiger partial charge in [0.25, 0.3) is 0 Å². The van der Waals surface area contributed by atoms with Crippen LogP contribution in [0.4, 0.5) is 5.69 Å². The van der Waals surface area contributed by atoms with Crippen LogP contribution < -0.4 is 4.74 Å². The normalized spacial score (nSPS) is 9.13. The lowest BCUT2D eigenvalue weighted by Crippen LogP contribution is -1.95. The second-order valence-electron chi connectivity index (χ2n) is 2.67. The quantitative estimate of drug-likeness (QED) is 0.324. The minimum Gasteiger partial charge on any atom is -0.490 e. The minimum absolute atomic E-state index is 0.0777. The van der Waals surface area contributed by atoms with E-state index in [1.807, 2.05) is 0 Å². The summed E-state index contributed by atoms with van der Waals surface area (Å²) in [7, 11) is 1.35. The number of ether oxygens (including phenoxy) is 1. The maximum atomic E-state index is 10.6. The van der Waals surface area contributed by atoms with Crippen LogP contribution in [0, 0.1) is 10.1 Å². The lowest BCUT2D eigenvalue weighted by Gasteiger charge is -2.02. The third kappa shape index (κ3) is 2.62. The van der Waals surface area contributed by atoms with Crippen LogP contribution in [0.1, 0.15) is 5.56 Å². The molecule has 0 aromatic heterocycles. The van der Waals surface area contributed by atoms with Gasteiger partial charge in [0, 0.05) is 6.07 Å². The van der Waals surface area contributed by atoms with E-state index in [4.69, 9.17) is 4.74 Å². The summed E-state index contributed by atoms with van der Waals surface area (Å²) in [5, 5.41) is 10.6. The maximum Gasteiger partial charge on any atom is 0.311 e. The van der Waals surface area contributed by atoms with Crippen molar-refractivity contribution in [3.05, 3.63) is 33.9 Å². The fourth-order valence-corrected chi connectivity index (χ4v) is 1.10. The second-order valence-corrected chi connectivity index (χ2v) is 2.67. The van der Waals surface area contributed by atoms with Gasteiger partial charge in [-0.3, -0.25) is 10.1 Å². The Morgan fingerprint density at radius 1 is 1.60 bits per heavy atom. The Bertz CT molecular complexity index is 424. The largest absolute Gasteiger partial charge is 0.490 e. The van der Waals surface area contributed by atoms with Gasteiger partial charge in [0.1, 0.15) is 0 Å². The number of rotatable bonds is 4. The first-order valence-electron chi connectivity index (χ1n) is 4.04. The van der Waals surface area contributed by atoms with Crippen LogP contribution in [0.15, 0.2) is 23.2 Å². The number of isocyanates is 1. The number of nitro benzene ring substituents is 1. The molecule has 0 fully saturated rings. The van der Waals surface area contributed by atoms with Gasteiger partial charge in [-0.15, -0.1) is 0 Å². The molecule has 1 rings (SSSR count). The zero-order chi connectivity index (χ0) is 11.3. The molecule has 1 aromatic rings. The highest BCUT2D eigenvalue weighted by molar-refractivity contribution is 5.49. The fourth-order valence-electron chi connectivity index (χ4n) is 1.10. The lowest BCUT2D eigenvalue weighted by molar-refractivity contribution is -0.385. The van der Waals surface area contributed by atoms with Crippen LogP contribution in [-0.2, 0) is 11.3 Å². The molecule has 0 atom stereocenters. The topological polar surface area (TPSA) is 81.8 Å². The van der Waals surface area contributed by atoms with E-state index in [1.54, 1.807) is 6.07 Å². The first kappa shape index (κ1) is 10.9. The SMILES string of the molecule is COc1ccc(CN=C=O)cc1[N+](=O)[O-]. The number of aliphatic imine (C=N–C) groups is 1. The standard InChI is InChI=1S/C9H8N2O4/c1-15-9-3-2-7(5-10-6-12)4-8(9)11(13)14/h2-4H,5H2,1H3. The molecule has 0 saturated carbocycles. The fraction of sp³-hybridized carbons (Fsp3) is 0.222. The number of benzene rings is 1. The molecule has 15 heavy (non-hydrogen) atoms. The Morgan fingerprint density at radius 3 is 2.87 bits per heavy atom. The van der Waals surface area contributed by atoms with Crippen LogP contribution in [-0.4, -0.2) is 18.1 Å². The molecule has 6 heteroatoms. The predicted octanol–water partition coefficient (Wildman–Crippen LogP) is 1.44. The van der Waals surface area contributed by atoms with Crippen molar-refractivity contribution >= 4 is 11.8 Å². The van der Waals surface area contributed by atoms with Crippen LogP contribution in [0.5, 0.6) is 5.75 Å². The molecule has 0 unspecified atom stereocenters. The predicted molar refractivity (Wildman–Crippen MR) is 51.5 cm³/mol. The van der Waals surface area contributed by atoms with E-state index in [0.717, 1.165) is 0 Å². The van der Waals surface area contributed by atoms with Crippen molar-refractivity contribution in [2.24, 2.45) is 4.99 Å². The Morgan fingerprint density at radius 2 is 2.33 bits per heavy atom. The number of carbonyl (C=O) groups excluding carboxylic acids is 1. The highest BCUT2D eigenvalue weighted by Crippen LogP contribution is 2.27. The Kier molecular flexibility index (Phi) is 3.54. The summed E-state index contributed by atoms with van der Waals surface area (Å²) in [6, 6.07) is 4.39. The smallest absolute Gasteiger partial charge is 0.311 e. The molecule has 0 heterocycles. The van der Waals surface area contributed by atoms with E-state index < -0.39 is 4.92 Å². The Balaban J connectivity index is 3.09. The van der Waals surface area contributed by atoms with Gasteiger partial charge < -0.3 is 4.74 Å². The molecular weight excluding hydrogens is 200 g/mol. The molecule has 0 saturated heterocycles. The maximum absolute atomic E-state index is 10.6. The second kappa shape index (κ2) is 4.88. The summed E-state index contributed by atoms with van der Waals surface area (Å²) in [6.45, 7) is 0.0777. The molecule has 6 nitrogen and oxygen atoms in total. The van der Waals surface area contributed by atoms with Gasteiger partial charge in [0.05, 0.1) is 18.6 Å². The molecular formula is C9H8N2O4. The number of hydrogen-bond acceptors (Lipinski definition) is 5. The van der Waals surface area contributed by atoms with E-state index in [1.165, 1.54) is 25.3 Å². The number of nitrogens with zero attached hydrogens (tertiary/aromatic N) is 2. The van der Waals surface area contributed by atoms with E-state index in [2.05, 4.69) is 4.99 Å². The average molecular weight is 208 g/mol. The Hall–Kier alpha value is -2.20. The molecule has 0 aliphatic rings. The minimum atomic E-state index is -0.549. The molecule has 0 spiro atoms. The zero-order valence-corrected chi connectivity index (χ0v) is 7.97. The molecule has 1 aromatic carbocycles. The summed E-state index contributed by atoms with van der Waals surface area (Å²) in [4.78, 5) is 23.3. The van der Waals surface area contributed by atoms with Crippen molar-refractivity contribution < 1.29 is 14.5 Å². The van der Waals surface area contributed by atoms with Gasteiger partial charge in [-0.2, -0.15) is 0 Å². The monoisotopic (exact) mass is 208 g/mol.